The molecule has 0 saturated carbocycles. The second-order valence-electron chi connectivity index (χ2n) is 9.10. The Morgan fingerprint density at radius 1 is 0.763 bits per heavy atom. The number of rotatable bonds is 10. The van der Waals surface area contributed by atoms with Crippen LogP contribution in [0.15, 0.2) is 89.4 Å². The highest BCUT2D eigenvalue weighted by molar-refractivity contribution is 9.10. The van der Waals surface area contributed by atoms with Crippen molar-refractivity contribution < 1.29 is 23.9 Å². The molecule has 0 spiro atoms. The van der Waals surface area contributed by atoms with E-state index in [2.05, 4.69) is 57.3 Å². The van der Waals surface area contributed by atoms with Gasteiger partial charge in [-0.2, -0.15) is 0 Å². The van der Waals surface area contributed by atoms with Crippen molar-refractivity contribution in [1.29, 1.82) is 0 Å². The molecule has 0 radical (unpaired) electrons. The molecule has 1 aliphatic rings. The molecule has 0 bridgehead atoms. The monoisotopic (exact) mass is 572 g/mol. The van der Waals surface area contributed by atoms with Gasteiger partial charge in [-0.3, -0.25) is 0 Å². The highest BCUT2D eigenvalue weighted by atomic mass is 79.9. The van der Waals surface area contributed by atoms with Crippen molar-refractivity contribution in [1.82, 2.24) is 0 Å². The zero-order valence-corrected chi connectivity index (χ0v) is 23.2. The van der Waals surface area contributed by atoms with Gasteiger partial charge in [0.1, 0.15) is 25.5 Å². The Morgan fingerprint density at radius 2 is 1.45 bits per heavy atom. The molecule has 5 nitrogen and oxygen atoms in total. The number of hydrogen-bond acceptors (Lipinski definition) is 4. The summed E-state index contributed by atoms with van der Waals surface area (Å²) in [5, 5.41) is 0. The van der Waals surface area contributed by atoms with Crippen LogP contribution in [0, 0.1) is 0 Å². The van der Waals surface area contributed by atoms with Gasteiger partial charge >= 0.3 is 0 Å². The van der Waals surface area contributed by atoms with E-state index in [0.717, 1.165) is 62.5 Å². The third kappa shape index (κ3) is 5.86. The van der Waals surface area contributed by atoms with Gasteiger partial charge in [0, 0.05) is 16.5 Å². The predicted octanol–water partition coefficient (Wildman–Crippen LogP) is 5.29. The molecule has 4 aromatic carbocycles. The van der Waals surface area contributed by atoms with Crippen LogP contribution in [-0.4, -0.2) is 26.5 Å². The Kier molecular flexibility index (Phi) is 8.29. The molecule has 0 unspecified atom stereocenters. The molecule has 1 heterocycles. The van der Waals surface area contributed by atoms with Crippen LogP contribution in [0.1, 0.15) is 27.8 Å². The summed E-state index contributed by atoms with van der Waals surface area (Å²) >= 11 is 3.74. The maximum atomic E-state index is 6.40. The SMILES string of the molecule is COc1cc2c(c(OCc3ccccc3)c1OC)CC[NH+]=C2Cc1cc(OCc2ccccc2)ccc1Br. The van der Waals surface area contributed by atoms with Gasteiger partial charge < -0.3 is 18.9 Å². The molecule has 1 N–H and O–H groups in total. The number of nitrogens with one attached hydrogen (secondary N) is 1. The molecule has 1 aliphatic heterocycles. The first-order chi connectivity index (χ1) is 18.7. The molecule has 0 aliphatic carbocycles. The molecule has 0 saturated heterocycles. The van der Waals surface area contributed by atoms with Gasteiger partial charge in [0.2, 0.25) is 5.75 Å². The molecule has 194 valence electrons. The molecule has 4 aromatic rings. The summed E-state index contributed by atoms with van der Waals surface area (Å²) in [6.07, 6.45) is 1.52. The zero-order chi connectivity index (χ0) is 26.3. The lowest BCUT2D eigenvalue weighted by Gasteiger charge is -2.22. The van der Waals surface area contributed by atoms with E-state index in [0.29, 0.717) is 31.1 Å². The van der Waals surface area contributed by atoms with Crippen molar-refractivity contribution >= 4 is 21.6 Å². The predicted molar refractivity (Wildman–Crippen MR) is 153 cm³/mol. The summed E-state index contributed by atoms with van der Waals surface area (Å²) in [4.78, 5) is 3.62. The van der Waals surface area contributed by atoms with E-state index in [-0.39, 0.29) is 0 Å². The van der Waals surface area contributed by atoms with Crippen LogP contribution in [0.5, 0.6) is 23.0 Å². The van der Waals surface area contributed by atoms with E-state index in [9.17, 15) is 0 Å². The average molecular weight is 574 g/mol. The molecule has 0 atom stereocenters. The van der Waals surface area contributed by atoms with Gasteiger partial charge in [-0.1, -0.05) is 76.6 Å². The topological polar surface area (TPSA) is 50.9 Å². The molecule has 0 amide bonds. The first-order valence-electron chi connectivity index (χ1n) is 12.7. The van der Waals surface area contributed by atoms with Gasteiger partial charge in [-0.05, 0) is 41.0 Å². The van der Waals surface area contributed by atoms with Gasteiger partial charge in [0.05, 0.1) is 26.2 Å². The maximum absolute atomic E-state index is 6.40. The van der Waals surface area contributed by atoms with Crippen molar-refractivity contribution in [3.05, 3.63) is 117 Å². The van der Waals surface area contributed by atoms with E-state index in [1.165, 1.54) is 0 Å². The standard InChI is InChI=1S/C32H30BrNO4/c1-35-30-19-27-26(31(32(30)36-2)38-21-23-11-7-4-8-12-23)15-16-34-29(27)18-24-17-25(13-14-28(24)33)37-20-22-9-5-3-6-10-22/h3-14,17,19H,15-16,18,20-21H2,1-2H3/p+1. The van der Waals surface area contributed by atoms with E-state index >= 15 is 0 Å². The highest BCUT2D eigenvalue weighted by Gasteiger charge is 2.29. The van der Waals surface area contributed by atoms with Crippen molar-refractivity contribution in [3.63, 3.8) is 0 Å². The zero-order valence-electron chi connectivity index (χ0n) is 21.6. The minimum Gasteiger partial charge on any atom is -0.493 e. The molecule has 0 fully saturated rings. The quantitative estimate of drug-likeness (QED) is 0.280. The lowest BCUT2D eigenvalue weighted by atomic mass is 9.92. The van der Waals surface area contributed by atoms with Crippen LogP contribution in [-0.2, 0) is 26.1 Å². The van der Waals surface area contributed by atoms with Crippen LogP contribution in [0.3, 0.4) is 0 Å². The van der Waals surface area contributed by atoms with Gasteiger partial charge in [-0.15, -0.1) is 0 Å². The second-order valence-corrected chi connectivity index (χ2v) is 9.96. The first-order valence-corrected chi connectivity index (χ1v) is 13.5. The fourth-order valence-electron chi connectivity index (χ4n) is 4.70. The molecule has 5 rings (SSSR count). The number of fused-ring (bicyclic) bond motifs is 1. The third-order valence-corrected chi connectivity index (χ3v) is 7.40. The fourth-order valence-corrected chi connectivity index (χ4v) is 5.09. The van der Waals surface area contributed by atoms with Gasteiger partial charge in [0.25, 0.3) is 0 Å². The minimum atomic E-state index is 0.450. The number of ether oxygens (including phenoxy) is 4. The normalized spacial score (nSPS) is 12.3. The van der Waals surface area contributed by atoms with Gasteiger partial charge in [-0.25, -0.2) is 4.99 Å². The average Bonchev–Trinajstić information content (AvgIpc) is 2.97. The lowest BCUT2D eigenvalue weighted by molar-refractivity contribution is -0.458. The van der Waals surface area contributed by atoms with E-state index in [1.807, 2.05) is 48.5 Å². The Balaban J connectivity index is 1.43. The van der Waals surface area contributed by atoms with Gasteiger partial charge in [0.15, 0.2) is 17.2 Å². The summed E-state index contributed by atoms with van der Waals surface area (Å²) in [5.41, 5.74) is 6.68. The molecule has 0 aromatic heterocycles. The van der Waals surface area contributed by atoms with E-state index in [1.54, 1.807) is 14.2 Å². The van der Waals surface area contributed by atoms with E-state index in [4.69, 9.17) is 18.9 Å². The molecular weight excluding hydrogens is 542 g/mol. The minimum absolute atomic E-state index is 0.450. The summed E-state index contributed by atoms with van der Waals surface area (Å²) < 4.78 is 25.0. The number of methoxy groups -OCH3 is 2. The number of benzene rings is 4. The Labute approximate surface area is 232 Å². The van der Waals surface area contributed by atoms with Crippen molar-refractivity contribution in [2.24, 2.45) is 0 Å². The Bertz CT molecular complexity index is 1420. The third-order valence-electron chi connectivity index (χ3n) is 6.63. The first kappa shape index (κ1) is 25.9. The molecular formula is C32H31BrNO4+. The highest BCUT2D eigenvalue weighted by Crippen LogP contribution is 2.43. The molecule has 38 heavy (non-hydrogen) atoms. The number of halogens is 1. The summed E-state index contributed by atoms with van der Waals surface area (Å²) in [5.74, 6) is 2.85. The summed E-state index contributed by atoms with van der Waals surface area (Å²) in [7, 11) is 3.31. The van der Waals surface area contributed by atoms with Crippen molar-refractivity contribution in [3.8, 4) is 23.0 Å². The number of hydrogen-bond donors (Lipinski definition) is 1. The van der Waals surface area contributed by atoms with Crippen molar-refractivity contribution in [2.45, 2.75) is 26.1 Å². The summed E-state index contributed by atoms with van der Waals surface area (Å²) in [6, 6.07) is 28.5. The second kappa shape index (κ2) is 12.2. The fraction of sp³-hybridized carbons (Fsp3) is 0.219. The van der Waals surface area contributed by atoms with Crippen LogP contribution >= 0.6 is 15.9 Å². The van der Waals surface area contributed by atoms with Crippen LogP contribution in [0.25, 0.3) is 0 Å². The maximum Gasteiger partial charge on any atom is 0.203 e. The molecule has 6 heteroatoms. The largest absolute Gasteiger partial charge is 0.493 e. The smallest absolute Gasteiger partial charge is 0.203 e. The van der Waals surface area contributed by atoms with Crippen molar-refractivity contribution in [2.75, 3.05) is 20.8 Å². The Hall–Kier alpha value is -3.77. The lowest BCUT2D eigenvalue weighted by Crippen LogP contribution is -2.76. The van der Waals surface area contributed by atoms with E-state index < -0.39 is 0 Å². The van der Waals surface area contributed by atoms with Crippen LogP contribution < -0.4 is 23.9 Å². The van der Waals surface area contributed by atoms with Crippen LogP contribution in [0.4, 0.5) is 0 Å². The Morgan fingerprint density at radius 3 is 2.11 bits per heavy atom. The van der Waals surface area contributed by atoms with Crippen LogP contribution in [0.2, 0.25) is 0 Å². The summed E-state index contributed by atoms with van der Waals surface area (Å²) in [6.45, 7) is 1.78.